The Morgan fingerprint density at radius 2 is 2.28 bits per heavy atom. The van der Waals surface area contributed by atoms with Crippen molar-refractivity contribution in [2.24, 2.45) is 0 Å². The highest BCUT2D eigenvalue weighted by molar-refractivity contribution is 6.31. The second-order valence-corrected chi connectivity index (χ2v) is 4.92. The number of Topliss-reactive ketones (excluding diaryl/α,β-unsaturated/α-hetero) is 1. The third-order valence-electron chi connectivity index (χ3n) is 3.32. The van der Waals surface area contributed by atoms with Gasteiger partial charge in [0.05, 0.1) is 11.1 Å². The van der Waals surface area contributed by atoms with E-state index in [2.05, 4.69) is 5.32 Å². The number of allylic oxidation sites excluding steroid dienone is 1. The molecule has 0 spiro atoms. The van der Waals surface area contributed by atoms with Crippen LogP contribution in [0.4, 0.5) is 4.39 Å². The van der Waals surface area contributed by atoms with Gasteiger partial charge in [-0.15, -0.1) is 0 Å². The first kappa shape index (κ1) is 13.2. The third-order valence-corrected chi connectivity index (χ3v) is 3.61. The summed E-state index contributed by atoms with van der Waals surface area (Å²) in [6.45, 7) is 1.56. The molecule has 1 aliphatic carbocycles. The van der Waals surface area contributed by atoms with Crippen molar-refractivity contribution in [1.82, 2.24) is 5.32 Å². The molecule has 0 aliphatic heterocycles. The van der Waals surface area contributed by atoms with Crippen molar-refractivity contribution in [2.45, 2.75) is 25.8 Å². The minimum absolute atomic E-state index is 0.0973. The van der Waals surface area contributed by atoms with Gasteiger partial charge in [0, 0.05) is 0 Å². The summed E-state index contributed by atoms with van der Waals surface area (Å²) >= 11 is 5.81. The van der Waals surface area contributed by atoms with Crippen LogP contribution in [0.5, 0.6) is 0 Å². The van der Waals surface area contributed by atoms with E-state index in [1.807, 2.05) is 6.08 Å². The van der Waals surface area contributed by atoms with Gasteiger partial charge in [-0.05, 0) is 55.6 Å². The van der Waals surface area contributed by atoms with Crippen molar-refractivity contribution >= 4 is 23.0 Å². The maximum absolute atomic E-state index is 13.3. The smallest absolute Gasteiger partial charge is 0.147 e. The molecule has 0 fully saturated rings. The van der Waals surface area contributed by atoms with Gasteiger partial charge in [-0.3, -0.25) is 4.79 Å². The molecule has 0 saturated heterocycles. The molecule has 0 amide bonds. The lowest BCUT2D eigenvalue weighted by molar-refractivity contribution is -0.118. The monoisotopic (exact) mass is 267 g/mol. The van der Waals surface area contributed by atoms with Crippen LogP contribution in [-0.4, -0.2) is 18.9 Å². The second-order valence-electron chi connectivity index (χ2n) is 4.51. The summed E-state index contributed by atoms with van der Waals surface area (Å²) in [5, 5.41) is 3.12. The van der Waals surface area contributed by atoms with E-state index in [9.17, 15) is 9.18 Å². The molecule has 0 saturated carbocycles. The molecule has 0 bridgehead atoms. The fraction of sp³-hybridized carbons (Fsp3) is 0.357. The van der Waals surface area contributed by atoms with E-state index in [4.69, 9.17) is 11.6 Å². The first-order valence-electron chi connectivity index (χ1n) is 5.88. The molecule has 1 aromatic carbocycles. The Bertz CT molecular complexity index is 525. The van der Waals surface area contributed by atoms with E-state index in [0.29, 0.717) is 12.8 Å². The van der Waals surface area contributed by atoms with E-state index in [-0.39, 0.29) is 22.7 Å². The summed E-state index contributed by atoms with van der Waals surface area (Å²) in [6.07, 6.45) is 3.35. The van der Waals surface area contributed by atoms with Gasteiger partial charge < -0.3 is 5.32 Å². The number of carbonyl (C=O) groups excluding carboxylic acids is 1. The number of benzene rings is 1. The van der Waals surface area contributed by atoms with Crippen molar-refractivity contribution in [3.8, 4) is 0 Å². The zero-order valence-corrected chi connectivity index (χ0v) is 11.1. The number of ketones is 1. The average molecular weight is 268 g/mol. The summed E-state index contributed by atoms with van der Waals surface area (Å²) < 4.78 is 13.3. The quantitative estimate of drug-likeness (QED) is 0.909. The Labute approximate surface area is 111 Å². The van der Waals surface area contributed by atoms with Crippen LogP contribution in [0.15, 0.2) is 18.2 Å². The predicted octanol–water partition coefficient (Wildman–Crippen LogP) is 2.99. The molecule has 1 unspecified atom stereocenters. The summed E-state index contributed by atoms with van der Waals surface area (Å²) in [5.41, 5.74) is 2.95. The fourth-order valence-electron chi connectivity index (χ4n) is 2.26. The molecule has 1 aromatic rings. The van der Waals surface area contributed by atoms with Gasteiger partial charge in [0.1, 0.15) is 11.6 Å². The predicted molar refractivity (Wildman–Crippen MR) is 71.2 cm³/mol. The van der Waals surface area contributed by atoms with Crippen LogP contribution in [0.3, 0.4) is 0 Å². The highest BCUT2D eigenvalue weighted by Crippen LogP contribution is 2.34. The van der Waals surface area contributed by atoms with Crippen LogP contribution in [-0.2, 0) is 11.2 Å². The van der Waals surface area contributed by atoms with Crippen LogP contribution >= 0.6 is 11.6 Å². The van der Waals surface area contributed by atoms with E-state index >= 15 is 0 Å². The van der Waals surface area contributed by atoms with Gasteiger partial charge in [-0.1, -0.05) is 17.7 Å². The minimum Gasteiger partial charge on any atom is -0.310 e. The van der Waals surface area contributed by atoms with E-state index in [0.717, 1.165) is 16.7 Å². The zero-order chi connectivity index (χ0) is 13.3. The lowest BCUT2D eigenvalue weighted by Crippen LogP contribution is -2.32. The number of rotatable bonds is 4. The first-order valence-corrected chi connectivity index (χ1v) is 6.25. The molecular formula is C14H15ClFNO. The number of halogens is 2. The molecule has 96 valence electrons. The standard InChI is InChI=1S/C14H15ClFNO/c1-8(18)14(17-2)6-10-4-3-9-5-13(16)12(15)7-11(9)10/h4-5,7,14,17H,3,6H2,1-2H3. The van der Waals surface area contributed by atoms with E-state index in [1.54, 1.807) is 20.0 Å². The Morgan fingerprint density at radius 1 is 1.56 bits per heavy atom. The van der Waals surface area contributed by atoms with Crippen molar-refractivity contribution < 1.29 is 9.18 Å². The number of hydrogen-bond acceptors (Lipinski definition) is 2. The molecule has 0 radical (unpaired) electrons. The molecule has 1 atom stereocenters. The van der Waals surface area contributed by atoms with Crippen LogP contribution < -0.4 is 5.32 Å². The zero-order valence-electron chi connectivity index (χ0n) is 10.4. The molecule has 2 rings (SSSR count). The van der Waals surface area contributed by atoms with Crippen LogP contribution in [0.2, 0.25) is 5.02 Å². The molecule has 0 heterocycles. The number of likely N-dealkylation sites (N-methyl/N-ethyl adjacent to an activating group) is 1. The van der Waals surface area contributed by atoms with Crippen LogP contribution in [0, 0.1) is 5.82 Å². The highest BCUT2D eigenvalue weighted by atomic mass is 35.5. The van der Waals surface area contributed by atoms with Crippen molar-refractivity contribution in [3.63, 3.8) is 0 Å². The van der Waals surface area contributed by atoms with Gasteiger partial charge in [0.25, 0.3) is 0 Å². The Hall–Kier alpha value is -1.19. The topological polar surface area (TPSA) is 29.1 Å². The Morgan fingerprint density at radius 3 is 2.89 bits per heavy atom. The lowest BCUT2D eigenvalue weighted by atomic mass is 9.98. The normalized spacial score (nSPS) is 15.2. The van der Waals surface area contributed by atoms with Crippen molar-refractivity contribution in [3.05, 3.63) is 40.2 Å². The summed E-state index contributed by atoms with van der Waals surface area (Å²) in [4.78, 5) is 11.4. The van der Waals surface area contributed by atoms with Crippen LogP contribution in [0.1, 0.15) is 24.5 Å². The van der Waals surface area contributed by atoms with Gasteiger partial charge in [-0.25, -0.2) is 4.39 Å². The number of nitrogens with one attached hydrogen (secondary N) is 1. The molecule has 1 N–H and O–H groups in total. The van der Waals surface area contributed by atoms with Crippen LogP contribution in [0.25, 0.3) is 5.57 Å². The van der Waals surface area contributed by atoms with Gasteiger partial charge in [-0.2, -0.15) is 0 Å². The van der Waals surface area contributed by atoms with Crippen molar-refractivity contribution in [1.29, 1.82) is 0 Å². The average Bonchev–Trinajstić information content (AvgIpc) is 2.69. The number of carbonyl (C=O) groups is 1. The van der Waals surface area contributed by atoms with Gasteiger partial charge >= 0.3 is 0 Å². The summed E-state index contributed by atoms with van der Waals surface area (Å²) in [5.74, 6) is -0.290. The Kier molecular flexibility index (Phi) is 3.83. The minimum atomic E-state index is -0.387. The molecule has 18 heavy (non-hydrogen) atoms. The summed E-state index contributed by atoms with van der Waals surface area (Å²) in [6, 6.07) is 2.92. The first-order chi connectivity index (χ1) is 8.52. The molecule has 0 aromatic heterocycles. The molecule has 2 nitrogen and oxygen atoms in total. The van der Waals surface area contributed by atoms with E-state index in [1.165, 1.54) is 6.07 Å². The maximum Gasteiger partial charge on any atom is 0.147 e. The lowest BCUT2D eigenvalue weighted by Gasteiger charge is -2.14. The van der Waals surface area contributed by atoms with Crippen molar-refractivity contribution in [2.75, 3.05) is 7.05 Å². The maximum atomic E-state index is 13.3. The fourth-order valence-corrected chi connectivity index (χ4v) is 2.42. The van der Waals surface area contributed by atoms with Gasteiger partial charge in [0.15, 0.2) is 0 Å². The molecule has 4 heteroatoms. The second kappa shape index (κ2) is 5.21. The Balaban J connectivity index is 2.25. The molecule has 1 aliphatic rings. The molecular weight excluding hydrogens is 253 g/mol. The van der Waals surface area contributed by atoms with E-state index < -0.39 is 0 Å². The third kappa shape index (κ3) is 2.47. The summed E-state index contributed by atoms with van der Waals surface area (Å²) in [7, 11) is 1.76. The largest absolute Gasteiger partial charge is 0.310 e. The van der Waals surface area contributed by atoms with Gasteiger partial charge in [0.2, 0.25) is 0 Å². The number of fused-ring (bicyclic) bond motifs is 1. The number of hydrogen-bond donors (Lipinski definition) is 1. The SMILES string of the molecule is CNC(CC1=CCc2cc(F)c(Cl)cc21)C(C)=O. The highest BCUT2D eigenvalue weighted by Gasteiger charge is 2.21.